The maximum Gasteiger partial charge on any atom is 0.329 e. The molecule has 0 aromatic carbocycles. The van der Waals surface area contributed by atoms with Crippen molar-refractivity contribution >= 4 is 12.0 Å². The Balaban J connectivity index is 2.27. The molecule has 1 rings (SSSR count). The van der Waals surface area contributed by atoms with Gasteiger partial charge < -0.3 is 20.6 Å². The summed E-state index contributed by atoms with van der Waals surface area (Å²) < 4.78 is 0. The summed E-state index contributed by atoms with van der Waals surface area (Å²) in [5, 5.41) is 14.6. The molecule has 1 atom stereocenters. The Bertz CT molecular complexity index is 356. The molecular weight excluding hydrogens is 258 g/mol. The first-order valence-corrected chi connectivity index (χ1v) is 7.27. The number of rotatable bonds is 8. The largest absolute Gasteiger partial charge is 0.480 e. The summed E-state index contributed by atoms with van der Waals surface area (Å²) in [5.41, 5.74) is -1.14. The van der Waals surface area contributed by atoms with Crippen molar-refractivity contribution in [2.24, 2.45) is 5.92 Å². The molecule has 0 radical (unpaired) electrons. The topological polar surface area (TPSA) is 81.7 Å². The molecule has 0 bridgehead atoms. The highest BCUT2D eigenvalue weighted by atomic mass is 16.4. The van der Waals surface area contributed by atoms with E-state index in [9.17, 15) is 14.7 Å². The van der Waals surface area contributed by atoms with E-state index in [1.54, 1.807) is 6.92 Å². The molecule has 0 aromatic heterocycles. The van der Waals surface area contributed by atoms with Crippen molar-refractivity contribution in [1.82, 2.24) is 15.5 Å². The van der Waals surface area contributed by atoms with Gasteiger partial charge in [0.2, 0.25) is 0 Å². The Morgan fingerprint density at radius 3 is 2.45 bits per heavy atom. The second-order valence-electron chi connectivity index (χ2n) is 6.09. The molecule has 0 spiro atoms. The van der Waals surface area contributed by atoms with Crippen molar-refractivity contribution in [3.05, 3.63) is 0 Å². The Morgan fingerprint density at radius 2 is 2.00 bits per heavy atom. The zero-order valence-corrected chi connectivity index (χ0v) is 12.9. The fraction of sp³-hybridized carbons (Fsp3) is 0.857. The van der Waals surface area contributed by atoms with Crippen molar-refractivity contribution in [1.29, 1.82) is 0 Å². The molecular formula is C14H27N3O3. The van der Waals surface area contributed by atoms with E-state index in [-0.39, 0.29) is 5.92 Å². The molecule has 1 unspecified atom stereocenters. The van der Waals surface area contributed by atoms with Crippen molar-refractivity contribution in [3.8, 4) is 0 Å². The number of nitrogens with one attached hydrogen (secondary N) is 2. The zero-order chi connectivity index (χ0) is 15.3. The summed E-state index contributed by atoms with van der Waals surface area (Å²) in [6, 6.07) is 0.0861. The molecule has 0 aliphatic heterocycles. The Kier molecular flexibility index (Phi) is 5.80. The number of nitrogens with zero attached hydrogens (tertiary/aromatic N) is 1. The molecule has 1 saturated carbocycles. The third-order valence-corrected chi connectivity index (χ3v) is 4.07. The second-order valence-corrected chi connectivity index (χ2v) is 6.09. The number of carboxylic acids is 1. The first kappa shape index (κ1) is 16.8. The monoisotopic (exact) mass is 285 g/mol. The number of hydrogen-bond acceptors (Lipinski definition) is 3. The van der Waals surface area contributed by atoms with Gasteiger partial charge in [-0.3, -0.25) is 0 Å². The highest BCUT2D eigenvalue weighted by Gasteiger charge is 2.48. The average molecular weight is 285 g/mol. The van der Waals surface area contributed by atoms with E-state index < -0.39 is 17.5 Å². The van der Waals surface area contributed by atoms with Crippen LogP contribution in [-0.4, -0.2) is 53.7 Å². The van der Waals surface area contributed by atoms with Gasteiger partial charge in [0, 0.05) is 12.6 Å². The van der Waals surface area contributed by atoms with Crippen LogP contribution in [0.1, 0.15) is 40.0 Å². The third-order valence-electron chi connectivity index (χ3n) is 4.07. The summed E-state index contributed by atoms with van der Waals surface area (Å²) in [6.45, 7) is 7.27. The van der Waals surface area contributed by atoms with E-state index in [2.05, 4.69) is 29.4 Å². The van der Waals surface area contributed by atoms with Gasteiger partial charge in [-0.05, 0) is 59.5 Å². The number of aliphatic carboxylic acids is 1. The van der Waals surface area contributed by atoms with Crippen molar-refractivity contribution in [3.63, 3.8) is 0 Å². The van der Waals surface area contributed by atoms with E-state index in [1.807, 2.05) is 7.05 Å². The van der Waals surface area contributed by atoms with Crippen molar-refractivity contribution in [2.75, 3.05) is 20.1 Å². The van der Waals surface area contributed by atoms with E-state index >= 15 is 0 Å². The van der Waals surface area contributed by atoms with Crippen LogP contribution in [0.25, 0.3) is 0 Å². The van der Waals surface area contributed by atoms with Crippen LogP contribution in [0.15, 0.2) is 0 Å². The summed E-state index contributed by atoms with van der Waals surface area (Å²) in [4.78, 5) is 25.3. The van der Waals surface area contributed by atoms with Gasteiger partial charge in [-0.15, -0.1) is 0 Å². The van der Waals surface area contributed by atoms with E-state index in [1.165, 1.54) is 0 Å². The van der Waals surface area contributed by atoms with Crippen LogP contribution < -0.4 is 10.6 Å². The molecule has 1 aliphatic rings. The molecule has 116 valence electrons. The van der Waals surface area contributed by atoms with Gasteiger partial charge in [0.15, 0.2) is 0 Å². The predicted octanol–water partition coefficient (Wildman–Crippen LogP) is 1.27. The SMILES string of the molecule is CC(C)N(C)CCCNC(=O)NC(C)(C(=O)O)C1CC1. The number of carboxylic acid groups (broad SMARTS) is 1. The highest BCUT2D eigenvalue weighted by Crippen LogP contribution is 2.39. The van der Waals surface area contributed by atoms with Crippen LogP contribution in [0.5, 0.6) is 0 Å². The van der Waals surface area contributed by atoms with Crippen LogP contribution in [0.4, 0.5) is 4.79 Å². The number of urea groups is 1. The Labute approximate surface area is 120 Å². The smallest absolute Gasteiger partial charge is 0.329 e. The summed E-state index contributed by atoms with van der Waals surface area (Å²) >= 11 is 0. The lowest BCUT2D eigenvalue weighted by Crippen LogP contribution is -2.56. The minimum absolute atomic E-state index is 0.0535. The maximum atomic E-state index is 11.8. The van der Waals surface area contributed by atoms with Gasteiger partial charge in [-0.2, -0.15) is 0 Å². The van der Waals surface area contributed by atoms with Gasteiger partial charge >= 0.3 is 12.0 Å². The van der Waals surface area contributed by atoms with Crippen LogP contribution >= 0.6 is 0 Å². The lowest BCUT2D eigenvalue weighted by Gasteiger charge is -2.26. The minimum Gasteiger partial charge on any atom is -0.480 e. The van der Waals surface area contributed by atoms with E-state index in [4.69, 9.17) is 0 Å². The van der Waals surface area contributed by atoms with E-state index in [0.717, 1.165) is 25.8 Å². The van der Waals surface area contributed by atoms with Crippen molar-refractivity contribution in [2.45, 2.75) is 51.6 Å². The standard InChI is InChI=1S/C14H27N3O3/c1-10(2)17(4)9-5-8-15-13(20)16-14(3,12(18)19)11-6-7-11/h10-11H,5-9H2,1-4H3,(H,18,19)(H2,15,16,20). The van der Waals surface area contributed by atoms with Gasteiger partial charge in [0.1, 0.15) is 5.54 Å². The molecule has 0 saturated heterocycles. The molecule has 1 aliphatic carbocycles. The fourth-order valence-electron chi connectivity index (χ4n) is 2.06. The van der Waals surface area contributed by atoms with Gasteiger partial charge in [-0.1, -0.05) is 0 Å². The quantitative estimate of drug-likeness (QED) is 0.587. The van der Waals surface area contributed by atoms with Gasteiger partial charge in [-0.25, -0.2) is 9.59 Å². The van der Waals surface area contributed by atoms with Crippen molar-refractivity contribution < 1.29 is 14.7 Å². The lowest BCUT2D eigenvalue weighted by molar-refractivity contribution is -0.144. The van der Waals surface area contributed by atoms with E-state index in [0.29, 0.717) is 12.6 Å². The maximum absolute atomic E-state index is 11.8. The predicted molar refractivity (Wildman–Crippen MR) is 77.7 cm³/mol. The lowest BCUT2D eigenvalue weighted by atomic mass is 9.96. The van der Waals surface area contributed by atoms with Crippen LogP contribution in [-0.2, 0) is 4.79 Å². The molecule has 6 nitrogen and oxygen atoms in total. The molecule has 3 N–H and O–H groups in total. The van der Waals surface area contributed by atoms with Gasteiger partial charge in [0.25, 0.3) is 0 Å². The number of hydrogen-bond donors (Lipinski definition) is 3. The Morgan fingerprint density at radius 1 is 1.40 bits per heavy atom. The number of carbonyl (C=O) groups excluding carboxylic acids is 1. The van der Waals surface area contributed by atoms with Gasteiger partial charge in [0.05, 0.1) is 0 Å². The summed E-state index contributed by atoms with van der Waals surface area (Å²) in [7, 11) is 2.04. The zero-order valence-electron chi connectivity index (χ0n) is 12.9. The van der Waals surface area contributed by atoms with Crippen LogP contribution in [0, 0.1) is 5.92 Å². The molecule has 6 heteroatoms. The molecule has 2 amide bonds. The highest BCUT2D eigenvalue weighted by molar-refractivity contribution is 5.86. The number of amides is 2. The summed E-state index contributed by atoms with van der Waals surface area (Å²) in [5.74, 6) is -0.910. The fourth-order valence-corrected chi connectivity index (χ4v) is 2.06. The molecule has 0 heterocycles. The normalized spacial score (nSPS) is 17.9. The number of carbonyl (C=O) groups is 2. The van der Waals surface area contributed by atoms with Crippen LogP contribution in [0.2, 0.25) is 0 Å². The minimum atomic E-state index is -1.14. The third kappa shape index (κ3) is 4.67. The molecule has 0 aromatic rings. The van der Waals surface area contributed by atoms with Crippen LogP contribution in [0.3, 0.4) is 0 Å². The first-order chi connectivity index (χ1) is 9.27. The summed E-state index contributed by atoms with van der Waals surface area (Å²) in [6.07, 6.45) is 2.57. The molecule has 1 fully saturated rings. The Hall–Kier alpha value is -1.30. The molecule has 20 heavy (non-hydrogen) atoms. The second kappa shape index (κ2) is 6.92. The average Bonchev–Trinajstić information content (AvgIpc) is 3.18. The first-order valence-electron chi connectivity index (χ1n) is 7.27.